The zero-order valence-electron chi connectivity index (χ0n) is 61.8. The summed E-state index contributed by atoms with van der Waals surface area (Å²) in [7, 11) is 0. The van der Waals surface area contributed by atoms with Gasteiger partial charge in [0.25, 0.3) is 0 Å². The van der Waals surface area contributed by atoms with Crippen LogP contribution < -0.4 is 5.32 Å². The lowest BCUT2D eigenvalue weighted by molar-refractivity contribution is -0.302. The van der Waals surface area contributed by atoms with E-state index >= 15 is 0 Å². The SMILES string of the molecule is CC/C=C\C/C=C\C/C=C\C/C=C\CCCCCCCCCCCCCCCCCCCCCCCCCCC(=O)NC(COC1OC(CO)C(O)C(O)C1O)C(O)CCCCCCCCCCCCCCCCCCCCCCCCCCCCCCCCCCC. The summed E-state index contributed by atoms with van der Waals surface area (Å²) in [4.78, 5) is 13.2. The summed E-state index contributed by atoms with van der Waals surface area (Å²) in [5, 5.41) is 55.1. The minimum atomic E-state index is -1.55. The number of unbranched alkanes of at least 4 members (excludes halogenated alkanes) is 56. The highest BCUT2D eigenvalue weighted by atomic mass is 16.7. The van der Waals surface area contributed by atoms with E-state index < -0.39 is 49.5 Å². The van der Waals surface area contributed by atoms with Gasteiger partial charge in [0, 0.05) is 6.42 Å². The lowest BCUT2D eigenvalue weighted by atomic mass is 9.99. The van der Waals surface area contributed by atoms with Gasteiger partial charge in [-0.2, -0.15) is 0 Å². The summed E-state index contributed by atoms with van der Waals surface area (Å²) in [5.41, 5.74) is 0. The minimum absolute atomic E-state index is 0.133. The molecule has 1 amide bonds. The summed E-state index contributed by atoms with van der Waals surface area (Å²) < 4.78 is 11.4. The summed E-state index contributed by atoms with van der Waals surface area (Å²) in [6.45, 7) is 3.79. The van der Waals surface area contributed by atoms with Gasteiger partial charge in [-0.3, -0.25) is 4.79 Å². The Labute approximate surface area is 577 Å². The maximum Gasteiger partial charge on any atom is 0.220 e. The summed E-state index contributed by atoms with van der Waals surface area (Å²) in [6, 6.07) is -0.720. The van der Waals surface area contributed by atoms with Crippen molar-refractivity contribution in [1.82, 2.24) is 5.32 Å². The second kappa shape index (κ2) is 72.9. The Bertz CT molecular complexity index is 1620. The number of rotatable bonds is 74. The molecule has 1 fully saturated rings. The summed E-state index contributed by atoms with van der Waals surface area (Å²) >= 11 is 0. The van der Waals surface area contributed by atoms with Crippen molar-refractivity contribution >= 4 is 5.91 Å². The number of amides is 1. The molecular weight excluding hydrogens is 1150 g/mol. The molecule has 93 heavy (non-hydrogen) atoms. The lowest BCUT2D eigenvalue weighted by Gasteiger charge is -2.40. The maximum atomic E-state index is 13.2. The van der Waals surface area contributed by atoms with Crippen LogP contribution >= 0.6 is 0 Å². The van der Waals surface area contributed by atoms with Gasteiger partial charge in [0.15, 0.2) is 6.29 Å². The van der Waals surface area contributed by atoms with E-state index in [2.05, 4.69) is 67.8 Å². The number of hydrogen-bond donors (Lipinski definition) is 6. The van der Waals surface area contributed by atoms with Crippen molar-refractivity contribution in [3.63, 3.8) is 0 Å². The van der Waals surface area contributed by atoms with Crippen LogP contribution in [0.4, 0.5) is 0 Å². The Morgan fingerprint density at radius 2 is 0.667 bits per heavy atom. The van der Waals surface area contributed by atoms with E-state index in [1.807, 2.05) is 0 Å². The summed E-state index contributed by atoms with van der Waals surface area (Å²) in [6.07, 6.45) is 93.8. The summed E-state index contributed by atoms with van der Waals surface area (Å²) in [5.74, 6) is -0.134. The Morgan fingerprint density at radius 1 is 0.376 bits per heavy atom. The predicted octanol–water partition coefficient (Wildman–Crippen LogP) is 23.9. The van der Waals surface area contributed by atoms with E-state index in [1.165, 1.54) is 334 Å². The van der Waals surface area contributed by atoms with Crippen molar-refractivity contribution in [2.75, 3.05) is 13.2 Å². The third kappa shape index (κ3) is 61.0. The van der Waals surface area contributed by atoms with Crippen LogP contribution in [0, 0.1) is 0 Å². The van der Waals surface area contributed by atoms with Gasteiger partial charge in [0.2, 0.25) is 5.91 Å². The Morgan fingerprint density at radius 3 is 0.989 bits per heavy atom. The average molecular weight is 1310 g/mol. The molecule has 1 aliphatic rings. The highest BCUT2D eigenvalue weighted by Gasteiger charge is 2.44. The number of allylic oxidation sites excluding steroid dienone is 8. The molecule has 0 radical (unpaired) electrons. The first-order valence-corrected chi connectivity index (χ1v) is 41.3. The first-order valence-electron chi connectivity index (χ1n) is 41.3. The van der Waals surface area contributed by atoms with Gasteiger partial charge in [0.05, 0.1) is 25.4 Å². The van der Waals surface area contributed by atoms with E-state index in [0.717, 1.165) is 64.2 Å². The molecule has 1 rings (SSSR count). The fraction of sp³-hybridized carbons (Fsp3) is 0.893. The number of nitrogens with one attached hydrogen (secondary N) is 1. The van der Waals surface area contributed by atoms with Crippen molar-refractivity contribution in [3.8, 4) is 0 Å². The van der Waals surface area contributed by atoms with Crippen molar-refractivity contribution in [2.45, 2.75) is 468 Å². The van der Waals surface area contributed by atoms with Crippen LogP contribution in [0.5, 0.6) is 0 Å². The van der Waals surface area contributed by atoms with Crippen molar-refractivity contribution in [1.29, 1.82) is 0 Å². The second-order valence-corrected chi connectivity index (χ2v) is 28.9. The molecule has 548 valence electrons. The number of ether oxygens (including phenoxy) is 2. The number of aliphatic hydroxyl groups excluding tert-OH is 5. The van der Waals surface area contributed by atoms with Gasteiger partial charge in [-0.15, -0.1) is 0 Å². The number of hydrogen-bond acceptors (Lipinski definition) is 8. The first-order chi connectivity index (χ1) is 45.8. The van der Waals surface area contributed by atoms with E-state index in [-0.39, 0.29) is 12.5 Å². The van der Waals surface area contributed by atoms with Gasteiger partial charge < -0.3 is 40.3 Å². The minimum Gasteiger partial charge on any atom is -0.394 e. The molecule has 0 aromatic carbocycles. The Hall–Kier alpha value is -1.85. The average Bonchev–Trinajstić information content (AvgIpc) is 1.01. The third-order valence-electron chi connectivity index (χ3n) is 19.9. The molecule has 0 aromatic rings. The van der Waals surface area contributed by atoms with E-state index in [4.69, 9.17) is 9.47 Å². The van der Waals surface area contributed by atoms with Crippen LogP contribution in [0.3, 0.4) is 0 Å². The molecule has 9 heteroatoms. The second-order valence-electron chi connectivity index (χ2n) is 28.9. The first kappa shape index (κ1) is 89.2. The van der Waals surface area contributed by atoms with Crippen molar-refractivity contribution in [3.05, 3.63) is 48.6 Å². The van der Waals surface area contributed by atoms with E-state index in [9.17, 15) is 30.3 Å². The zero-order valence-corrected chi connectivity index (χ0v) is 61.8. The molecule has 9 nitrogen and oxygen atoms in total. The topological polar surface area (TPSA) is 149 Å². The van der Waals surface area contributed by atoms with Crippen LogP contribution in [0.1, 0.15) is 425 Å². The lowest BCUT2D eigenvalue weighted by Crippen LogP contribution is -2.60. The molecular formula is C84H159NO8. The Balaban J connectivity index is 2.03. The molecule has 1 heterocycles. The van der Waals surface area contributed by atoms with Crippen LogP contribution in [-0.2, 0) is 14.3 Å². The molecule has 0 saturated carbocycles. The quantitative estimate of drug-likeness (QED) is 0.0261. The molecule has 1 aliphatic heterocycles. The molecule has 0 aliphatic carbocycles. The highest BCUT2D eigenvalue weighted by Crippen LogP contribution is 2.24. The third-order valence-corrected chi connectivity index (χ3v) is 19.9. The largest absolute Gasteiger partial charge is 0.394 e. The van der Waals surface area contributed by atoms with Crippen molar-refractivity contribution < 1.29 is 39.8 Å². The fourth-order valence-corrected chi connectivity index (χ4v) is 13.6. The highest BCUT2D eigenvalue weighted by molar-refractivity contribution is 5.76. The monoisotopic (exact) mass is 1310 g/mol. The van der Waals surface area contributed by atoms with E-state index in [0.29, 0.717) is 12.8 Å². The molecule has 7 unspecified atom stereocenters. The maximum absolute atomic E-state index is 13.2. The van der Waals surface area contributed by atoms with Gasteiger partial charge >= 0.3 is 0 Å². The molecule has 0 bridgehead atoms. The van der Waals surface area contributed by atoms with E-state index in [1.54, 1.807) is 0 Å². The number of aliphatic hydroxyl groups is 5. The predicted molar refractivity (Wildman–Crippen MR) is 401 cm³/mol. The number of carbonyl (C=O) groups excluding carboxylic acids is 1. The molecule has 0 aromatic heterocycles. The van der Waals surface area contributed by atoms with Gasteiger partial charge in [-0.05, 0) is 51.4 Å². The van der Waals surface area contributed by atoms with Crippen LogP contribution in [0.25, 0.3) is 0 Å². The smallest absolute Gasteiger partial charge is 0.220 e. The molecule has 7 atom stereocenters. The number of carbonyl (C=O) groups is 1. The normalized spacial score (nSPS) is 17.8. The van der Waals surface area contributed by atoms with Crippen LogP contribution in [0.2, 0.25) is 0 Å². The fourth-order valence-electron chi connectivity index (χ4n) is 13.6. The standard InChI is InChI=1S/C84H159NO8/c1-3-5-7-9-11-13-15-17-19-21-23-25-27-29-31-33-35-37-38-39-40-42-44-46-48-50-52-54-56-58-60-62-64-66-68-70-72-74-80(88)85-77(76-92-84-83(91)82(90)81(89)79(75-86)93-84)78(87)73-71-69-67-65-63-61-59-57-55-53-51-49-47-45-43-41-36-34-32-30-28-26-24-22-20-18-16-14-12-10-8-6-4-2/h5,7,11,13,17,19,23,25,77-79,81-84,86-87,89-91H,3-4,6,8-10,12,14-16,18,20-22,24,26-76H2,1-2H3,(H,85,88)/b7-5-,13-11-,19-17-,25-23-. The van der Waals surface area contributed by atoms with Gasteiger partial charge in [-0.25, -0.2) is 0 Å². The molecule has 0 spiro atoms. The molecule has 1 saturated heterocycles. The van der Waals surface area contributed by atoms with Crippen LogP contribution in [0.15, 0.2) is 48.6 Å². The molecule has 6 N–H and O–H groups in total. The van der Waals surface area contributed by atoms with Crippen molar-refractivity contribution in [2.24, 2.45) is 0 Å². The zero-order chi connectivity index (χ0) is 67.1. The van der Waals surface area contributed by atoms with Gasteiger partial charge in [0.1, 0.15) is 24.4 Å². The van der Waals surface area contributed by atoms with Crippen LogP contribution in [-0.4, -0.2) is 87.5 Å². The Kier molecular flexibility index (Phi) is 69.9. The van der Waals surface area contributed by atoms with Gasteiger partial charge in [-0.1, -0.05) is 416 Å².